The lowest BCUT2D eigenvalue weighted by atomic mass is 9.92. The Morgan fingerprint density at radius 3 is 2.40 bits per heavy atom. The first-order chi connectivity index (χ1) is 9.26. The van der Waals surface area contributed by atoms with Crippen LogP contribution in [0.4, 0.5) is 4.79 Å². The number of rotatable bonds is 2. The molecule has 1 amide bonds. The van der Waals surface area contributed by atoms with Crippen molar-refractivity contribution in [3.05, 3.63) is 34.9 Å². The van der Waals surface area contributed by atoms with Gasteiger partial charge in [0, 0.05) is 35.6 Å². The Morgan fingerprint density at radius 1 is 1.30 bits per heavy atom. The number of likely N-dealkylation sites (tertiary alicyclic amines) is 1. The van der Waals surface area contributed by atoms with Crippen LogP contribution in [0.3, 0.4) is 0 Å². The van der Waals surface area contributed by atoms with Crippen LogP contribution in [0.15, 0.2) is 24.3 Å². The summed E-state index contributed by atoms with van der Waals surface area (Å²) in [5.41, 5.74) is 1.07. The zero-order valence-electron chi connectivity index (χ0n) is 12.1. The molecule has 2 rings (SSSR count). The molecule has 0 saturated carbocycles. The van der Waals surface area contributed by atoms with Crippen LogP contribution in [0.5, 0.6) is 0 Å². The Hall–Kier alpha value is -1.26. The van der Waals surface area contributed by atoms with Crippen molar-refractivity contribution in [3.63, 3.8) is 0 Å². The minimum atomic E-state index is -0.859. The molecule has 0 spiro atoms. The van der Waals surface area contributed by atoms with Gasteiger partial charge in [-0.15, -0.1) is 0 Å². The molecule has 20 heavy (non-hydrogen) atoms. The molecule has 110 valence electrons. The number of benzene rings is 1. The number of hydrogen-bond donors (Lipinski definition) is 2. The summed E-state index contributed by atoms with van der Waals surface area (Å²) < 4.78 is 0. The summed E-state index contributed by atoms with van der Waals surface area (Å²) in [5.74, 6) is 0.155. The van der Waals surface area contributed by atoms with E-state index in [0.29, 0.717) is 18.1 Å². The topological polar surface area (TPSA) is 52.6 Å². The Morgan fingerprint density at radius 2 is 1.90 bits per heavy atom. The Bertz CT molecular complexity index is 482. The van der Waals surface area contributed by atoms with E-state index in [9.17, 15) is 9.90 Å². The quantitative estimate of drug-likeness (QED) is 0.881. The van der Waals surface area contributed by atoms with Crippen LogP contribution in [-0.4, -0.2) is 40.8 Å². The van der Waals surface area contributed by atoms with Gasteiger partial charge in [0.25, 0.3) is 0 Å². The lowest BCUT2D eigenvalue weighted by molar-refractivity contribution is 0.153. The molecule has 0 aliphatic carbocycles. The average molecular weight is 297 g/mol. The van der Waals surface area contributed by atoms with Crippen molar-refractivity contribution in [1.29, 1.82) is 0 Å². The third-order valence-corrected chi connectivity index (χ3v) is 3.76. The monoisotopic (exact) mass is 296 g/mol. The molecule has 1 aromatic carbocycles. The smallest absolute Gasteiger partial charge is 0.407 e. The van der Waals surface area contributed by atoms with Crippen molar-refractivity contribution in [2.24, 2.45) is 0 Å². The SMILES string of the molecule is CC(C)(C)N[C@@H]1CN(C(=O)O)C[C@H]1c1ccc(Cl)cc1. The second kappa shape index (κ2) is 5.62. The second-order valence-electron chi connectivity index (χ2n) is 6.35. The van der Waals surface area contributed by atoms with Crippen LogP contribution in [0.2, 0.25) is 5.02 Å². The highest BCUT2D eigenvalue weighted by Gasteiger charge is 2.37. The van der Waals surface area contributed by atoms with E-state index in [-0.39, 0.29) is 17.5 Å². The van der Waals surface area contributed by atoms with Gasteiger partial charge in [-0.2, -0.15) is 0 Å². The first kappa shape index (κ1) is 15.1. The molecule has 1 aliphatic heterocycles. The molecular formula is C15H21ClN2O2. The fraction of sp³-hybridized carbons (Fsp3) is 0.533. The molecule has 0 radical (unpaired) electrons. The summed E-state index contributed by atoms with van der Waals surface area (Å²) in [6.07, 6.45) is -0.859. The van der Waals surface area contributed by atoms with E-state index in [0.717, 1.165) is 5.56 Å². The van der Waals surface area contributed by atoms with Crippen LogP contribution < -0.4 is 5.32 Å². The molecule has 1 saturated heterocycles. The van der Waals surface area contributed by atoms with Gasteiger partial charge >= 0.3 is 6.09 Å². The van der Waals surface area contributed by atoms with Gasteiger partial charge in [-0.25, -0.2) is 4.79 Å². The lowest BCUT2D eigenvalue weighted by Gasteiger charge is -2.29. The van der Waals surface area contributed by atoms with E-state index >= 15 is 0 Å². The largest absolute Gasteiger partial charge is 0.465 e. The molecule has 5 heteroatoms. The average Bonchev–Trinajstić information content (AvgIpc) is 2.72. The molecule has 1 aliphatic rings. The van der Waals surface area contributed by atoms with Gasteiger partial charge in [-0.1, -0.05) is 23.7 Å². The zero-order chi connectivity index (χ0) is 14.9. The van der Waals surface area contributed by atoms with Crippen LogP contribution in [0, 0.1) is 0 Å². The van der Waals surface area contributed by atoms with Crippen molar-refractivity contribution >= 4 is 17.7 Å². The maximum atomic E-state index is 11.2. The molecule has 4 nitrogen and oxygen atoms in total. The highest BCUT2D eigenvalue weighted by Crippen LogP contribution is 2.29. The highest BCUT2D eigenvalue weighted by atomic mass is 35.5. The van der Waals surface area contributed by atoms with Gasteiger partial charge in [0.1, 0.15) is 0 Å². The van der Waals surface area contributed by atoms with E-state index in [2.05, 4.69) is 26.1 Å². The maximum Gasteiger partial charge on any atom is 0.407 e. The summed E-state index contributed by atoms with van der Waals surface area (Å²) in [5, 5.41) is 13.4. The third kappa shape index (κ3) is 3.64. The number of hydrogen-bond acceptors (Lipinski definition) is 2. The van der Waals surface area contributed by atoms with Gasteiger partial charge in [0.2, 0.25) is 0 Å². The van der Waals surface area contributed by atoms with Crippen LogP contribution >= 0.6 is 11.6 Å². The van der Waals surface area contributed by atoms with Gasteiger partial charge < -0.3 is 15.3 Å². The molecule has 0 bridgehead atoms. The van der Waals surface area contributed by atoms with Gasteiger partial charge in [0.05, 0.1) is 0 Å². The third-order valence-electron chi connectivity index (χ3n) is 3.51. The molecule has 2 N–H and O–H groups in total. The number of nitrogens with zero attached hydrogens (tertiary/aromatic N) is 1. The molecule has 1 fully saturated rings. The maximum absolute atomic E-state index is 11.2. The molecular weight excluding hydrogens is 276 g/mol. The van der Waals surface area contributed by atoms with Crippen molar-refractivity contribution in [2.45, 2.75) is 38.3 Å². The highest BCUT2D eigenvalue weighted by molar-refractivity contribution is 6.30. The van der Waals surface area contributed by atoms with Gasteiger partial charge in [-0.05, 0) is 38.5 Å². The first-order valence-electron chi connectivity index (χ1n) is 6.77. The van der Waals surface area contributed by atoms with E-state index in [1.165, 1.54) is 4.90 Å². The fourth-order valence-electron chi connectivity index (χ4n) is 2.71. The molecule has 1 heterocycles. The normalized spacial score (nSPS) is 23.1. The number of carbonyl (C=O) groups is 1. The number of nitrogens with one attached hydrogen (secondary N) is 1. The number of amides is 1. The molecule has 1 aromatic rings. The predicted molar refractivity (Wildman–Crippen MR) is 80.5 cm³/mol. The van der Waals surface area contributed by atoms with Crippen LogP contribution in [0.1, 0.15) is 32.3 Å². The van der Waals surface area contributed by atoms with Gasteiger partial charge in [0.15, 0.2) is 0 Å². The van der Waals surface area contributed by atoms with E-state index in [1.807, 2.05) is 24.3 Å². The number of halogens is 1. The Balaban J connectivity index is 2.22. The summed E-state index contributed by atoms with van der Waals surface area (Å²) in [7, 11) is 0. The minimum absolute atomic E-state index is 0.0517. The summed E-state index contributed by atoms with van der Waals surface area (Å²) in [6, 6.07) is 7.79. The molecule has 0 aromatic heterocycles. The second-order valence-corrected chi connectivity index (χ2v) is 6.78. The lowest BCUT2D eigenvalue weighted by Crippen LogP contribution is -2.47. The van der Waals surface area contributed by atoms with E-state index in [1.54, 1.807) is 0 Å². The van der Waals surface area contributed by atoms with Crippen molar-refractivity contribution in [1.82, 2.24) is 10.2 Å². The summed E-state index contributed by atoms with van der Waals surface area (Å²) in [6.45, 7) is 7.31. The van der Waals surface area contributed by atoms with E-state index in [4.69, 9.17) is 11.6 Å². The molecule has 2 atom stereocenters. The van der Waals surface area contributed by atoms with Crippen molar-refractivity contribution in [2.75, 3.05) is 13.1 Å². The van der Waals surface area contributed by atoms with Crippen LogP contribution in [0.25, 0.3) is 0 Å². The minimum Gasteiger partial charge on any atom is -0.465 e. The Kier molecular flexibility index (Phi) is 4.25. The van der Waals surface area contributed by atoms with Gasteiger partial charge in [-0.3, -0.25) is 0 Å². The van der Waals surface area contributed by atoms with Crippen molar-refractivity contribution in [3.8, 4) is 0 Å². The summed E-state index contributed by atoms with van der Waals surface area (Å²) >= 11 is 5.92. The zero-order valence-corrected chi connectivity index (χ0v) is 12.8. The predicted octanol–water partition coefficient (Wildman–Crippen LogP) is 3.17. The first-order valence-corrected chi connectivity index (χ1v) is 7.15. The number of carboxylic acid groups (broad SMARTS) is 1. The van der Waals surface area contributed by atoms with Crippen LogP contribution in [-0.2, 0) is 0 Å². The summed E-state index contributed by atoms with van der Waals surface area (Å²) in [4.78, 5) is 12.7. The fourth-order valence-corrected chi connectivity index (χ4v) is 2.84. The standard InChI is InChI=1S/C15H21ClN2O2/c1-15(2,3)17-13-9-18(14(19)20)8-12(13)10-4-6-11(16)7-5-10/h4-7,12-13,17H,8-9H2,1-3H3,(H,19,20)/t12-,13+/m0/s1. The Labute approximate surface area is 124 Å². The van der Waals surface area contributed by atoms with Crippen molar-refractivity contribution < 1.29 is 9.90 Å². The molecule has 0 unspecified atom stereocenters. The van der Waals surface area contributed by atoms with E-state index < -0.39 is 6.09 Å².